The standard InChI is InChI=1S/C12H23N3O3S/c1-15(11-3-2-5-13-7-11)8-12(16)14-10-4-6-19(17,18)9-10/h10-11,13H,2-9H2,1H3,(H,14,16). The van der Waals surface area contributed by atoms with Crippen molar-refractivity contribution in [2.45, 2.75) is 31.3 Å². The van der Waals surface area contributed by atoms with Crippen LogP contribution < -0.4 is 10.6 Å². The van der Waals surface area contributed by atoms with E-state index in [9.17, 15) is 13.2 Å². The first-order valence-electron chi connectivity index (χ1n) is 6.87. The molecule has 2 atom stereocenters. The number of hydrogen-bond donors (Lipinski definition) is 2. The van der Waals surface area contributed by atoms with Gasteiger partial charge < -0.3 is 10.6 Å². The first-order valence-corrected chi connectivity index (χ1v) is 8.69. The summed E-state index contributed by atoms with van der Waals surface area (Å²) in [4.78, 5) is 13.9. The number of sulfone groups is 1. The summed E-state index contributed by atoms with van der Waals surface area (Å²) in [6, 6.07) is 0.196. The molecular weight excluding hydrogens is 266 g/mol. The second-order valence-corrected chi connectivity index (χ2v) is 7.81. The summed E-state index contributed by atoms with van der Waals surface area (Å²) in [5.41, 5.74) is 0. The number of nitrogens with one attached hydrogen (secondary N) is 2. The Labute approximate surface area is 114 Å². The van der Waals surface area contributed by atoms with Crippen LogP contribution in [0.4, 0.5) is 0 Å². The van der Waals surface area contributed by atoms with Crippen molar-refractivity contribution in [2.75, 3.05) is 38.2 Å². The van der Waals surface area contributed by atoms with E-state index in [2.05, 4.69) is 10.6 Å². The molecule has 0 aromatic carbocycles. The van der Waals surface area contributed by atoms with Crippen LogP contribution in [-0.4, -0.2) is 69.5 Å². The molecule has 2 saturated heterocycles. The van der Waals surface area contributed by atoms with Crippen LogP contribution in [-0.2, 0) is 14.6 Å². The van der Waals surface area contributed by atoms with Gasteiger partial charge in [-0.1, -0.05) is 0 Å². The van der Waals surface area contributed by atoms with Gasteiger partial charge in [-0.15, -0.1) is 0 Å². The summed E-state index contributed by atoms with van der Waals surface area (Å²) in [5, 5.41) is 6.14. The Kier molecular flexibility index (Phi) is 4.81. The third-order valence-corrected chi connectivity index (χ3v) is 5.65. The molecular formula is C12H23N3O3S. The number of piperidine rings is 1. The van der Waals surface area contributed by atoms with Crippen molar-refractivity contribution in [3.63, 3.8) is 0 Å². The smallest absolute Gasteiger partial charge is 0.234 e. The number of hydrogen-bond acceptors (Lipinski definition) is 5. The van der Waals surface area contributed by atoms with Crippen LogP contribution in [0, 0.1) is 0 Å². The van der Waals surface area contributed by atoms with Gasteiger partial charge in [0.1, 0.15) is 0 Å². The average molecular weight is 289 g/mol. The summed E-state index contributed by atoms with van der Waals surface area (Å²) < 4.78 is 22.6. The molecule has 0 aromatic rings. The van der Waals surface area contributed by atoms with E-state index >= 15 is 0 Å². The monoisotopic (exact) mass is 289 g/mol. The molecule has 0 radical (unpaired) electrons. The molecule has 7 heteroatoms. The highest BCUT2D eigenvalue weighted by Crippen LogP contribution is 2.12. The third-order valence-electron chi connectivity index (χ3n) is 3.88. The van der Waals surface area contributed by atoms with Crippen molar-refractivity contribution in [1.82, 2.24) is 15.5 Å². The van der Waals surface area contributed by atoms with Gasteiger partial charge in [0.15, 0.2) is 9.84 Å². The Morgan fingerprint density at radius 2 is 2.21 bits per heavy atom. The zero-order valence-corrected chi connectivity index (χ0v) is 12.2. The largest absolute Gasteiger partial charge is 0.351 e. The van der Waals surface area contributed by atoms with Crippen LogP contribution in [0.3, 0.4) is 0 Å². The minimum atomic E-state index is -2.93. The van der Waals surface area contributed by atoms with Gasteiger partial charge in [0, 0.05) is 18.6 Å². The van der Waals surface area contributed by atoms with Gasteiger partial charge in [-0.25, -0.2) is 8.42 Å². The van der Waals surface area contributed by atoms with Crippen LogP contribution in [0.1, 0.15) is 19.3 Å². The Hall–Kier alpha value is -0.660. The zero-order chi connectivity index (χ0) is 13.9. The first-order chi connectivity index (χ1) is 8.96. The molecule has 0 aromatic heterocycles. The summed E-state index contributed by atoms with van der Waals surface area (Å²) in [6.07, 6.45) is 2.79. The van der Waals surface area contributed by atoms with Gasteiger partial charge in [0.25, 0.3) is 0 Å². The maximum absolute atomic E-state index is 11.9. The predicted molar refractivity (Wildman–Crippen MR) is 73.7 cm³/mol. The number of carbonyl (C=O) groups is 1. The lowest BCUT2D eigenvalue weighted by molar-refractivity contribution is -0.123. The van der Waals surface area contributed by atoms with E-state index < -0.39 is 9.84 Å². The lowest BCUT2D eigenvalue weighted by atomic mass is 10.1. The van der Waals surface area contributed by atoms with Gasteiger partial charge in [-0.2, -0.15) is 0 Å². The number of amides is 1. The van der Waals surface area contributed by atoms with Gasteiger partial charge in [0.2, 0.25) is 5.91 Å². The van der Waals surface area contributed by atoms with E-state index in [0.29, 0.717) is 19.0 Å². The summed E-state index contributed by atoms with van der Waals surface area (Å²) >= 11 is 0. The lowest BCUT2D eigenvalue weighted by Crippen LogP contribution is -2.49. The second kappa shape index (κ2) is 6.19. The van der Waals surface area contributed by atoms with Crippen LogP contribution in [0.25, 0.3) is 0 Å². The predicted octanol–water partition coefficient (Wildman–Crippen LogP) is -1.03. The third kappa shape index (κ3) is 4.43. The normalized spacial score (nSPS) is 30.4. The Bertz CT molecular complexity index is 418. The van der Waals surface area contributed by atoms with E-state index in [4.69, 9.17) is 0 Å². The fourth-order valence-corrected chi connectivity index (χ4v) is 4.42. The maximum atomic E-state index is 11.9. The fourth-order valence-electron chi connectivity index (χ4n) is 2.75. The molecule has 2 unspecified atom stereocenters. The van der Waals surface area contributed by atoms with E-state index in [-0.39, 0.29) is 23.5 Å². The van der Waals surface area contributed by atoms with Crippen LogP contribution in [0.15, 0.2) is 0 Å². The van der Waals surface area contributed by atoms with Crippen molar-refractivity contribution in [3.8, 4) is 0 Å². The fraction of sp³-hybridized carbons (Fsp3) is 0.917. The Balaban J connectivity index is 1.74. The van der Waals surface area contributed by atoms with Gasteiger partial charge in [-0.3, -0.25) is 9.69 Å². The van der Waals surface area contributed by atoms with Crippen molar-refractivity contribution >= 4 is 15.7 Å². The quantitative estimate of drug-likeness (QED) is 0.692. The molecule has 2 aliphatic heterocycles. The highest BCUT2D eigenvalue weighted by Gasteiger charge is 2.29. The van der Waals surface area contributed by atoms with E-state index in [1.54, 1.807) is 0 Å². The van der Waals surface area contributed by atoms with Crippen molar-refractivity contribution in [3.05, 3.63) is 0 Å². The Morgan fingerprint density at radius 3 is 2.79 bits per heavy atom. The van der Waals surface area contributed by atoms with Crippen molar-refractivity contribution in [2.24, 2.45) is 0 Å². The second-order valence-electron chi connectivity index (χ2n) is 5.58. The molecule has 0 aliphatic carbocycles. The van der Waals surface area contributed by atoms with Crippen molar-refractivity contribution < 1.29 is 13.2 Å². The van der Waals surface area contributed by atoms with Crippen LogP contribution >= 0.6 is 0 Å². The molecule has 2 heterocycles. The summed E-state index contributed by atoms with van der Waals surface area (Å²) in [5.74, 6) is 0.212. The highest BCUT2D eigenvalue weighted by atomic mass is 32.2. The SMILES string of the molecule is CN(CC(=O)NC1CCS(=O)(=O)C1)C1CCCNC1. The highest BCUT2D eigenvalue weighted by molar-refractivity contribution is 7.91. The lowest BCUT2D eigenvalue weighted by Gasteiger charge is -2.31. The summed E-state index contributed by atoms with van der Waals surface area (Å²) in [7, 11) is -0.981. The number of likely N-dealkylation sites (N-methyl/N-ethyl adjacent to an activating group) is 1. The Morgan fingerprint density at radius 1 is 1.42 bits per heavy atom. The molecule has 2 aliphatic rings. The first kappa shape index (κ1) is 14.7. The zero-order valence-electron chi connectivity index (χ0n) is 11.4. The minimum Gasteiger partial charge on any atom is -0.351 e. The molecule has 1 amide bonds. The van der Waals surface area contributed by atoms with Crippen LogP contribution in [0.2, 0.25) is 0 Å². The molecule has 0 saturated carbocycles. The van der Waals surface area contributed by atoms with Crippen molar-refractivity contribution in [1.29, 1.82) is 0 Å². The molecule has 0 spiro atoms. The molecule has 2 rings (SSSR count). The molecule has 2 N–H and O–H groups in total. The van der Waals surface area contributed by atoms with Gasteiger partial charge in [0.05, 0.1) is 18.1 Å². The number of carbonyl (C=O) groups excluding carboxylic acids is 1. The van der Waals surface area contributed by atoms with E-state index in [0.717, 1.165) is 25.9 Å². The van der Waals surface area contributed by atoms with E-state index in [1.165, 1.54) is 0 Å². The van der Waals surface area contributed by atoms with E-state index in [1.807, 2.05) is 11.9 Å². The molecule has 110 valence electrons. The molecule has 0 bridgehead atoms. The summed E-state index contributed by atoms with van der Waals surface area (Å²) in [6.45, 7) is 2.31. The minimum absolute atomic E-state index is 0.0739. The van der Waals surface area contributed by atoms with Crippen LogP contribution in [0.5, 0.6) is 0 Å². The van der Waals surface area contributed by atoms with Gasteiger partial charge in [-0.05, 0) is 32.9 Å². The number of rotatable bonds is 4. The molecule has 6 nitrogen and oxygen atoms in total. The van der Waals surface area contributed by atoms with Gasteiger partial charge >= 0.3 is 0 Å². The number of nitrogens with zero attached hydrogens (tertiary/aromatic N) is 1. The maximum Gasteiger partial charge on any atom is 0.234 e. The average Bonchev–Trinajstić information content (AvgIpc) is 2.69. The topological polar surface area (TPSA) is 78.5 Å². The molecule has 19 heavy (non-hydrogen) atoms. The molecule has 2 fully saturated rings.